The molecule has 0 heterocycles. The van der Waals surface area contributed by atoms with E-state index in [-0.39, 0.29) is 29.4 Å². The number of hydrogen-bond acceptors (Lipinski definition) is 2. The fourth-order valence-corrected chi connectivity index (χ4v) is 1.91. The van der Waals surface area contributed by atoms with Crippen molar-refractivity contribution in [3.63, 3.8) is 0 Å². The quantitative estimate of drug-likeness (QED) is 0.322. The second-order valence-corrected chi connectivity index (χ2v) is 6.00. The molecule has 1 aromatic rings. The van der Waals surface area contributed by atoms with Gasteiger partial charge in [-0.05, 0) is 23.5 Å². The summed E-state index contributed by atoms with van der Waals surface area (Å²) < 4.78 is 5.29. The van der Waals surface area contributed by atoms with Crippen LogP contribution in [0, 0.1) is 0 Å². The minimum atomic E-state index is 0. The summed E-state index contributed by atoms with van der Waals surface area (Å²) in [6.45, 7) is 11.6. The lowest BCUT2D eigenvalue weighted by Gasteiger charge is -2.19. The molecule has 0 aliphatic carbocycles. The molecule has 0 saturated heterocycles. The molecule has 0 saturated carbocycles. The first kappa shape index (κ1) is 21.2. The summed E-state index contributed by atoms with van der Waals surface area (Å²) in [6, 6.07) is 8.73. The number of nitrogens with zero attached hydrogens (tertiary/aromatic N) is 1. The number of halogens is 1. The lowest BCUT2D eigenvalue weighted by atomic mass is 9.87. The van der Waals surface area contributed by atoms with E-state index in [2.05, 4.69) is 60.7 Å². The van der Waals surface area contributed by atoms with Gasteiger partial charge in [-0.25, -0.2) is 0 Å². The van der Waals surface area contributed by atoms with Crippen LogP contribution in [0.1, 0.15) is 38.8 Å². The van der Waals surface area contributed by atoms with Crippen molar-refractivity contribution in [2.24, 2.45) is 4.99 Å². The maximum Gasteiger partial charge on any atom is 0.191 e. The molecule has 1 aromatic carbocycles. The van der Waals surface area contributed by atoms with Crippen molar-refractivity contribution in [3.05, 3.63) is 35.4 Å². The highest BCUT2D eigenvalue weighted by atomic mass is 127. The lowest BCUT2D eigenvalue weighted by molar-refractivity contribution is 0.152. The van der Waals surface area contributed by atoms with E-state index in [1.165, 1.54) is 11.1 Å². The maximum atomic E-state index is 5.29. The molecule has 22 heavy (non-hydrogen) atoms. The van der Waals surface area contributed by atoms with Crippen LogP contribution in [0.2, 0.25) is 0 Å². The van der Waals surface area contributed by atoms with Gasteiger partial charge in [0.1, 0.15) is 0 Å². The second-order valence-electron chi connectivity index (χ2n) is 6.00. The molecular formula is C17H30IN3O. The summed E-state index contributed by atoms with van der Waals surface area (Å²) in [4.78, 5) is 4.20. The number of ether oxygens (including phenoxy) is 1. The van der Waals surface area contributed by atoms with Gasteiger partial charge in [0.25, 0.3) is 0 Å². The topological polar surface area (TPSA) is 45.6 Å². The molecule has 0 radical (unpaired) electrons. The first-order valence-corrected chi connectivity index (χ1v) is 7.59. The van der Waals surface area contributed by atoms with Gasteiger partial charge in [0.15, 0.2) is 5.96 Å². The maximum absolute atomic E-state index is 5.29. The number of aliphatic imine (C=N–C) groups is 1. The van der Waals surface area contributed by atoms with Crippen LogP contribution in [0.4, 0.5) is 0 Å². The van der Waals surface area contributed by atoms with Gasteiger partial charge in [-0.3, -0.25) is 4.99 Å². The molecule has 0 fully saturated rings. The summed E-state index contributed by atoms with van der Waals surface area (Å²) >= 11 is 0. The SMILES string of the molecule is CCOCCNC(=NC)NCc1ccc(C(C)(C)C)cc1.I. The predicted octanol–water partition coefficient (Wildman–Crippen LogP) is 3.30. The Morgan fingerprint density at radius 3 is 2.27 bits per heavy atom. The van der Waals surface area contributed by atoms with Gasteiger partial charge in [-0.1, -0.05) is 45.0 Å². The zero-order valence-electron chi connectivity index (χ0n) is 14.4. The van der Waals surface area contributed by atoms with E-state index >= 15 is 0 Å². The molecule has 0 bridgehead atoms. The van der Waals surface area contributed by atoms with Crippen molar-refractivity contribution >= 4 is 29.9 Å². The monoisotopic (exact) mass is 419 g/mol. The normalized spacial score (nSPS) is 11.8. The van der Waals surface area contributed by atoms with E-state index in [1.807, 2.05) is 6.92 Å². The standard InChI is InChI=1S/C17H29N3O.HI/c1-6-21-12-11-19-16(18-5)20-13-14-7-9-15(10-8-14)17(2,3)4;/h7-10H,6,11-13H2,1-5H3,(H2,18,19,20);1H. The van der Waals surface area contributed by atoms with Crippen molar-refractivity contribution in [2.75, 3.05) is 26.8 Å². The molecule has 0 unspecified atom stereocenters. The Hall–Kier alpha value is -0.820. The molecule has 0 spiro atoms. The zero-order valence-corrected chi connectivity index (χ0v) is 16.7. The summed E-state index contributed by atoms with van der Waals surface area (Å²) in [7, 11) is 1.78. The number of rotatable bonds is 6. The predicted molar refractivity (Wildman–Crippen MR) is 105 cm³/mol. The van der Waals surface area contributed by atoms with E-state index in [0.717, 1.165) is 25.7 Å². The van der Waals surface area contributed by atoms with Gasteiger partial charge < -0.3 is 15.4 Å². The highest BCUT2D eigenvalue weighted by Crippen LogP contribution is 2.22. The Morgan fingerprint density at radius 2 is 1.77 bits per heavy atom. The minimum absolute atomic E-state index is 0. The molecule has 0 amide bonds. The lowest BCUT2D eigenvalue weighted by Crippen LogP contribution is -2.38. The Balaban J connectivity index is 0.00000441. The molecule has 0 aliphatic rings. The van der Waals surface area contributed by atoms with E-state index in [9.17, 15) is 0 Å². The number of hydrogen-bond donors (Lipinski definition) is 2. The van der Waals surface area contributed by atoms with Crippen LogP contribution >= 0.6 is 24.0 Å². The molecule has 5 heteroatoms. The average molecular weight is 419 g/mol. The highest BCUT2D eigenvalue weighted by molar-refractivity contribution is 14.0. The Kier molecular flexibility index (Phi) is 10.4. The van der Waals surface area contributed by atoms with Crippen LogP contribution < -0.4 is 10.6 Å². The average Bonchev–Trinajstić information content (AvgIpc) is 2.46. The van der Waals surface area contributed by atoms with Gasteiger partial charge in [-0.2, -0.15) is 0 Å². The Morgan fingerprint density at radius 1 is 1.14 bits per heavy atom. The molecule has 0 aromatic heterocycles. The smallest absolute Gasteiger partial charge is 0.191 e. The van der Waals surface area contributed by atoms with Crippen molar-refractivity contribution in [3.8, 4) is 0 Å². The fourth-order valence-electron chi connectivity index (χ4n) is 1.91. The molecule has 0 atom stereocenters. The number of nitrogens with one attached hydrogen (secondary N) is 2. The minimum Gasteiger partial charge on any atom is -0.380 e. The van der Waals surface area contributed by atoms with Gasteiger partial charge in [-0.15, -0.1) is 24.0 Å². The molecule has 0 aliphatic heterocycles. The molecule has 4 nitrogen and oxygen atoms in total. The van der Waals surface area contributed by atoms with Crippen LogP contribution in [0.15, 0.2) is 29.3 Å². The zero-order chi connectivity index (χ0) is 15.7. The van der Waals surface area contributed by atoms with Crippen LogP contribution in [0.5, 0.6) is 0 Å². The van der Waals surface area contributed by atoms with Crippen molar-refractivity contribution in [1.82, 2.24) is 10.6 Å². The van der Waals surface area contributed by atoms with Gasteiger partial charge in [0.2, 0.25) is 0 Å². The Labute approximate surface area is 152 Å². The third-order valence-electron chi connectivity index (χ3n) is 3.25. The van der Waals surface area contributed by atoms with E-state index in [0.29, 0.717) is 6.61 Å². The number of guanidine groups is 1. The van der Waals surface area contributed by atoms with Crippen molar-refractivity contribution in [2.45, 2.75) is 39.7 Å². The third-order valence-corrected chi connectivity index (χ3v) is 3.25. The first-order valence-electron chi connectivity index (χ1n) is 7.59. The van der Waals surface area contributed by atoms with Crippen LogP contribution in [0.25, 0.3) is 0 Å². The second kappa shape index (κ2) is 10.8. The molecular weight excluding hydrogens is 389 g/mol. The van der Waals surface area contributed by atoms with Crippen molar-refractivity contribution in [1.29, 1.82) is 0 Å². The summed E-state index contributed by atoms with van der Waals surface area (Å²) in [5.41, 5.74) is 2.80. The van der Waals surface area contributed by atoms with E-state index in [1.54, 1.807) is 7.05 Å². The molecule has 2 N–H and O–H groups in total. The van der Waals surface area contributed by atoms with Gasteiger partial charge >= 0.3 is 0 Å². The molecule has 1 rings (SSSR count). The summed E-state index contributed by atoms with van der Waals surface area (Å²) in [6.07, 6.45) is 0. The summed E-state index contributed by atoms with van der Waals surface area (Å²) in [5, 5.41) is 6.53. The highest BCUT2D eigenvalue weighted by Gasteiger charge is 2.12. The van der Waals surface area contributed by atoms with Crippen LogP contribution in [-0.4, -0.2) is 32.8 Å². The number of benzene rings is 1. The fraction of sp³-hybridized carbons (Fsp3) is 0.588. The third kappa shape index (κ3) is 7.98. The van der Waals surface area contributed by atoms with Crippen LogP contribution in [-0.2, 0) is 16.7 Å². The van der Waals surface area contributed by atoms with Gasteiger partial charge in [0.05, 0.1) is 6.61 Å². The largest absolute Gasteiger partial charge is 0.380 e. The first-order chi connectivity index (χ1) is 9.97. The van der Waals surface area contributed by atoms with Crippen LogP contribution in [0.3, 0.4) is 0 Å². The van der Waals surface area contributed by atoms with Gasteiger partial charge in [0, 0.05) is 26.7 Å². The molecule has 126 valence electrons. The summed E-state index contributed by atoms with van der Waals surface area (Å²) in [5.74, 6) is 0.801. The van der Waals surface area contributed by atoms with E-state index in [4.69, 9.17) is 4.74 Å². The van der Waals surface area contributed by atoms with Crippen molar-refractivity contribution < 1.29 is 4.74 Å². The Bertz CT molecular complexity index is 438. The van der Waals surface area contributed by atoms with E-state index < -0.39 is 0 Å².